The number of nitrogens with zero attached hydrogens (tertiary/aromatic N) is 1. The molecule has 2 atom stereocenters. The molecule has 0 radical (unpaired) electrons. The molecule has 1 heterocycles. The average molecular weight is 501 g/mol. The first-order valence-corrected chi connectivity index (χ1v) is 12.9. The van der Waals surface area contributed by atoms with Crippen molar-refractivity contribution in [3.8, 4) is 5.75 Å². The third-order valence-electron chi connectivity index (χ3n) is 6.64. The number of hydrogen-bond donors (Lipinski definition) is 1. The fourth-order valence-electron chi connectivity index (χ4n) is 4.39. The van der Waals surface area contributed by atoms with E-state index in [9.17, 15) is 9.59 Å². The standard InChI is InChI=1S/C31H36N2O4/c1-21(2)25-16-14-23(15-17-25)18-33-27-12-8-9-13-28(27)36-20-26(30(33)34)32-29(22(3)4)31(35)37-19-24-10-6-5-7-11-24/h5-17,21-22,26,29,32H,18-20H2,1-4H3/t26-,29-/m0/s1. The van der Waals surface area contributed by atoms with Crippen molar-refractivity contribution < 1.29 is 19.1 Å². The molecular weight excluding hydrogens is 464 g/mol. The molecule has 0 aromatic heterocycles. The molecule has 0 unspecified atom stereocenters. The van der Waals surface area contributed by atoms with Gasteiger partial charge in [-0.15, -0.1) is 0 Å². The number of ether oxygens (including phenoxy) is 2. The van der Waals surface area contributed by atoms with E-state index in [2.05, 4.69) is 43.4 Å². The SMILES string of the molecule is CC(C)c1ccc(CN2C(=O)[C@@H](N[C@H](C(=O)OCc3ccccc3)C(C)C)COc3ccccc32)cc1. The van der Waals surface area contributed by atoms with E-state index in [0.717, 1.165) is 16.8 Å². The second-order valence-corrected chi connectivity index (χ2v) is 10.1. The molecule has 4 rings (SSSR count). The van der Waals surface area contributed by atoms with Crippen LogP contribution in [-0.2, 0) is 27.5 Å². The Hall–Kier alpha value is -3.64. The topological polar surface area (TPSA) is 67.9 Å². The van der Waals surface area contributed by atoms with E-state index in [0.29, 0.717) is 18.2 Å². The number of fused-ring (bicyclic) bond motifs is 1. The lowest BCUT2D eigenvalue weighted by atomic mass is 10.0. The summed E-state index contributed by atoms with van der Waals surface area (Å²) < 4.78 is 11.7. The molecule has 1 aliphatic rings. The van der Waals surface area contributed by atoms with E-state index in [1.165, 1.54) is 5.56 Å². The maximum absolute atomic E-state index is 13.9. The molecular formula is C31H36N2O4. The fourth-order valence-corrected chi connectivity index (χ4v) is 4.39. The second kappa shape index (κ2) is 12.1. The number of amides is 1. The van der Waals surface area contributed by atoms with Gasteiger partial charge in [-0.3, -0.25) is 14.9 Å². The zero-order valence-corrected chi connectivity index (χ0v) is 22.0. The van der Waals surface area contributed by atoms with E-state index in [-0.39, 0.29) is 31.0 Å². The van der Waals surface area contributed by atoms with Crippen LogP contribution in [0.3, 0.4) is 0 Å². The van der Waals surface area contributed by atoms with Crippen LogP contribution < -0.4 is 15.0 Å². The lowest BCUT2D eigenvalue weighted by Gasteiger charge is -2.28. The molecule has 1 N–H and O–H groups in total. The monoisotopic (exact) mass is 500 g/mol. The Morgan fingerprint density at radius 1 is 0.946 bits per heavy atom. The van der Waals surface area contributed by atoms with Crippen molar-refractivity contribution in [3.05, 3.63) is 95.6 Å². The minimum Gasteiger partial charge on any atom is -0.489 e. The van der Waals surface area contributed by atoms with Crippen LogP contribution in [0.4, 0.5) is 5.69 Å². The predicted molar refractivity (Wildman–Crippen MR) is 145 cm³/mol. The highest BCUT2D eigenvalue weighted by Crippen LogP contribution is 2.32. The average Bonchev–Trinajstić information content (AvgIpc) is 3.03. The van der Waals surface area contributed by atoms with Crippen molar-refractivity contribution in [1.82, 2.24) is 5.32 Å². The van der Waals surface area contributed by atoms with Crippen LogP contribution in [0, 0.1) is 5.92 Å². The zero-order chi connectivity index (χ0) is 26.4. The summed E-state index contributed by atoms with van der Waals surface area (Å²) in [4.78, 5) is 28.7. The van der Waals surface area contributed by atoms with Crippen molar-refractivity contribution in [2.24, 2.45) is 5.92 Å². The normalized spacial score (nSPS) is 16.2. The van der Waals surface area contributed by atoms with Crippen LogP contribution in [0.2, 0.25) is 0 Å². The van der Waals surface area contributed by atoms with Crippen LogP contribution in [0.1, 0.15) is 50.3 Å². The van der Waals surface area contributed by atoms with Gasteiger partial charge in [0.15, 0.2) is 0 Å². The van der Waals surface area contributed by atoms with Crippen molar-refractivity contribution in [1.29, 1.82) is 0 Å². The van der Waals surface area contributed by atoms with Gasteiger partial charge in [-0.25, -0.2) is 0 Å². The molecule has 0 aliphatic carbocycles. The van der Waals surface area contributed by atoms with E-state index in [1.54, 1.807) is 4.90 Å². The molecule has 1 amide bonds. The number of carbonyl (C=O) groups is 2. The molecule has 3 aromatic rings. The summed E-state index contributed by atoms with van der Waals surface area (Å²) in [7, 11) is 0. The lowest BCUT2D eigenvalue weighted by Crippen LogP contribution is -2.55. The molecule has 6 heteroatoms. The Morgan fingerprint density at radius 2 is 1.62 bits per heavy atom. The van der Waals surface area contributed by atoms with Crippen LogP contribution in [0.5, 0.6) is 5.75 Å². The van der Waals surface area contributed by atoms with Crippen molar-refractivity contribution in [2.45, 2.75) is 58.8 Å². The molecule has 1 aliphatic heterocycles. The van der Waals surface area contributed by atoms with Crippen molar-refractivity contribution in [2.75, 3.05) is 11.5 Å². The minimum atomic E-state index is -0.709. The van der Waals surface area contributed by atoms with E-state index in [4.69, 9.17) is 9.47 Å². The van der Waals surface area contributed by atoms with Gasteiger partial charge in [0.1, 0.15) is 31.0 Å². The number of hydrogen-bond acceptors (Lipinski definition) is 5. The van der Waals surface area contributed by atoms with Crippen LogP contribution >= 0.6 is 0 Å². The Labute approximate surface area is 219 Å². The molecule has 3 aromatic carbocycles. The quantitative estimate of drug-likeness (QED) is 0.395. The lowest BCUT2D eigenvalue weighted by molar-refractivity contribution is -0.149. The first-order chi connectivity index (χ1) is 17.8. The van der Waals surface area contributed by atoms with E-state index < -0.39 is 12.1 Å². The number of esters is 1. The smallest absolute Gasteiger partial charge is 0.323 e. The summed E-state index contributed by atoms with van der Waals surface area (Å²) in [6, 6.07) is 24.1. The van der Waals surface area contributed by atoms with Crippen LogP contribution in [0.15, 0.2) is 78.9 Å². The second-order valence-electron chi connectivity index (χ2n) is 10.1. The molecule has 0 fully saturated rings. The Morgan fingerprint density at radius 3 is 2.30 bits per heavy atom. The Balaban J connectivity index is 1.53. The zero-order valence-electron chi connectivity index (χ0n) is 22.0. The molecule has 0 spiro atoms. The summed E-state index contributed by atoms with van der Waals surface area (Å²) >= 11 is 0. The van der Waals surface area contributed by atoms with Gasteiger partial charge in [0.05, 0.1) is 12.2 Å². The van der Waals surface area contributed by atoms with Gasteiger partial charge in [0.2, 0.25) is 5.91 Å². The third-order valence-corrected chi connectivity index (χ3v) is 6.64. The maximum atomic E-state index is 13.9. The Kier molecular flexibility index (Phi) is 8.62. The van der Waals surface area contributed by atoms with Crippen molar-refractivity contribution >= 4 is 17.6 Å². The Bertz CT molecular complexity index is 1190. The van der Waals surface area contributed by atoms with Crippen LogP contribution in [0.25, 0.3) is 0 Å². The fraction of sp³-hybridized carbons (Fsp3) is 0.355. The number of nitrogens with one attached hydrogen (secondary N) is 1. The molecule has 194 valence electrons. The summed E-state index contributed by atoms with van der Waals surface area (Å²) in [6.07, 6.45) is 0. The first kappa shape index (κ1) is 26.4. The number of carbonyl (C=O) groups excluding carboxylic acids is 2. The molecule has 0 bridgehead atoms. The predicted octanol–water partition coefficient (Wildman–Crippen LogP) is 5.46. The minimum absolute atomic E-state index is 0.0845. The van der Waals surface area contributed by atoms with Gasteiger partial charge in [-0.1, -0.05) is 94.4 Å². The highest BCUT2D eigenvalue weighted by molar-refractivity contribution is 5.99. The van der Waals surface area contributed by atoms with Gasteiger partial charge in [0.25, 0.3) is 0 Å². The molecule has 37 heavy (non-hydrogen) atoms. The van der Waals surface area contributed by atoms with Gasteiger partial charge < -0.3 is 14.4 Å². The van der Waals surface area contributed by atoms with Gasteiger partial charge in [-0.2, -0.15) is 0 Å². The molecule has 0 saturated heterocycles. The highest BCUT2D eigenvalue weighted by atomic mass is 16.5. The summed E-state index contributed by atoms with van der Waals surface area (Å²) in [5, 5.41) is 3.27. The van der Waals surface area contributed by atoms with Gasteiger partial charge in [0, 0.05) is 0 Å². The third kappa shape index (κ3) is 6.57. The maximum Gasteiger partial charge on any atom is 0.323 e. The van der Waals surface area contributed by atoms with Gasteiger partial charge >= 0.3 is 5.97 Å². The molecule has 6 nitrogen and oxygen atoms in total. The number of anilines is 1. The van der Waals surface area contributed by atoms with Gasteiger partial charge in [-0.05, 0) is 40.7 Å². The first-order valence-electron chi connectivity index (χ1n) is 12.9. The van der Waals surface area contributed by atoms with E-state index in [1.807, 2.05) is 68.4 Å². The number of para-hydroxylation sites is 2. The number of rotatable bonds is 9. The summed E-state index contributed by atoms with van der Waals surface area (Å²) in [5.41, 5.74) is 3.91. The number of benzene rings is 3. The molecule has 0 saturated carbocycles. The summed E-state index contributed by atoms with van der Waals surface area (Å²) in [5.74, 6) is 0.472. The van der Waals surface area contributed by atoms with Crippen molar-refractivity contribution in [3.63, 3.8) is 0 Å². The summed E-state index contributed by atoms with van der Waals surface area (Å²) in [6.45, 7) is 8.90. The van der Waals surface area contributed by atoms with E-state index >= 15 is 0 Å². The largest absolute Gasteiger partial charge is 0.489 e. The highest BCUT2D eigenvalue weighted by Gasteiger charge is 2.36. The van der Waals surface area contributed by atoms with Crippen LogP contribution in [-0.4, -0.2) is 30.6 Å².